The van der Waals surface area contributed by atoms with E-state index >= 15 is 0 Å². The lowest BCUT2D eigenvalue weighted by atomic mass is 10.1. The molecular formula is C11H8F3N3S. The maximum absolute atomic E-state index is 12.6. The van der Waals surface area contributed by atoms with Gasteiger partial charge < -0.3 is 5.73 Å². The molecule has 0 amide bonds. The van der Waals surface area contributed by atoms with Crippen molar-refractivity contribution in [3.8, 4) is 5.69 Å². The van der Waals surface area contributed by atoms with Crippen LogP contribution in [0.25, 0.3) is 5.69 Å². The van der Waals surface area contributed by atoms with Crippen LogP contribution in [0.3, 0.4) is 0 Å². The van der Waals surface area contributed by atoms with Crippen LogP contribution in [-0.4, -0.2) is 14.8 Å². The Kier molecular flexibility index (Phi) is 3.08. The Morgan fingerprint density at radius 2 is 2.06 bits per heavy atom. The zero-order chi connectivity index (χ0) is 13.3. The summed E-state index contributed by atoms with van der Waals surface area (Å²) in [6.07, 6.45) is -1.31. The van der Waals surface area contributed by atoms with Gasteiger partial charge in [-0.2, -0.15) is 18.3 Å². The van der Waals surface area contributed by atoms with Crippen molar-refractivity contribution < 1.29 is 13.2 Å². The molecule has 18 heavy (non-hydrogen) atoms. The van der Waals surface area contributed by atoms with E-state index in [1.165, 1.54) is 16.9 Å². The van der Waals surface area contributed by atoms with E-state index in [0.29, 0.717) is 5.69 Å². The van der Waals surface area contributed by atoms with Gasteiger partial charge in [0.2, 0.25) is 0 Å². The van der Waals surface area contributed by atoms with Crippen LogP contribution in [-0.2, 0) is 6.18 Å². The van der Waals surface area contributed by atoms with Crippen LogP contribution in [0, 0.1) is 0 Å². The molecule has 0 aliphatic carbocycles. The predicted molar refractivity (Wildman–Crippen MR) is 64.5 cm³/mol. The Bertz CT molecular complexity index is 576. The number of rotatable bonds is 2. The molecule has 0 radical (unpaired) electrons. The quantitative estimate of drug-likeness (QED) is 0.854. The summed E-state index contributed by atoms with van der Waals surface area (Å²) >= 11 is 4.78. The Labute approximate surface area is 106 Å². The first-order chi connectivity index (χ1) is 8.39. The second-order valence-corrected chi connectivity index (χ2v) is 3.98. The molecule has 0 saturated heterocycles. The molecule has 0 aliphatic heterocycles. The van der Waals surface area contributed by atoms with Crippen molar-refractivity contribution in [3.63, 3.8) is 0 Å². The molecule has 0 unspecified atom stereocenters. The lowest BCUT2D eigenvalue weighted by molar-refractivity contribution is -0.137. The van der Waals surface area contributed by atoms with Gasteiger partial charge in [0.05, 0.1) is 11.3 Å². The Balaban J connectivity index is 2.59. The van der Waals surface area contributed by atoms with E-state index < -0.39 is 11.7 Å². The summed E-state index contributed by atoms with van der Waals surface area (Å²) in [5, 5.41) is 3.94. The predicted octanol–water partition coefficient (Wildman–Crippen LogP) is 2.53. The minimum absolute atomic E-state index is 0.105. The maximum Gasteiger partial charge on any atom is 0.416 e. The first-order valence-electron chi connectivity index (χ1n) is 4.90. The van der Waals surface area contributed by atoms with Gasteiger partial charge in [-0.25, -0.2) is 4.68 Å². The SMILES string of the molecule is NC(=S)c1cc(C(F)(F)F)ccc1-n1cccn1. The highest BCUT2D eigenvalue weighted by Gasteiger charge is 2.31. The third kappa shape index (κ3) is 2.35. The van der Waals surface area contributed by atoms with Gasteiger partial charge in [0.15, 0.2) is 0 Å². The van der Waals surface area contributed by atoms with E-state index in [0.717, 1.165) is 12.1 Å². The molecule has 94 valence electrons. The third-order valence-electron chi connectivity index (χ3n) is 2.34. The Morgan fingerprint density at radius 1 is 1.33 bits per heavy atom. The minimum Gasteiger partial charge on any atom is -0.389 e. The van der Waals surface area contributed by atoms with Crippen LogP contribution in [0.15, 0.2) is 36.7 Å². The topological polar surface area (TPSA) is 43.8 Å². The molecule has 1 heterocycles. The van der Waals surface area contributed by atoms with Gasteiger partial charge in [-0.3, -0.25) is 0 Å². The normalized spacial score (nSPS) is 11.5. The van der Waals surface area contributed by atoms with Crippen LogP contribution >= 0.6 is 12.2 Å². The molecule has 2 N–H and O–H groups in total. The van der Waals surface area contributed by atoms with Crippen molar-refractivity contribution in [2.75, 3.05) is 0 Å². The van der Waals surface area contributed by atoms with Crippen LogP contribution in [0.2, 0.25) is 0 Å². The second-order valence-electron chi connectivity index (χ2n) is 3.54. The van der Waals surface area contributed by atoms with Crippen LogP contribution < -0.4 is 5.73 Å². The number of alkyl halides is 3. The summed E-state index contributed by atoms with van der Waals surface area (Å²) in [7, 11) is 0. The van der Waals surface area contributed by atoms with Crippen molar-refractivity contribution in [1.82, 2.24) is 9.78 Å². The lowest BCUT2D eigenvalue weighted by Crippen LogP contribution is -2.16. The van der Waals surface area contributed by atoms with E-state index in [1.807, 2.05) is 0 Å². The first kappa shape index (κ1) is 12.6. The van der Waals surface area contributed by atoms with Gasteiger partial charge in [-0.15, -0.1) is 0 Å². The summed E-state index contributed by atoms with van der Waals surface area (Å²) in [5.41, 5.74) is 5.22. The van der Waals surface area contributed by atoms with Gasteiger partial charge in [0, 0.05) is 18.0 Å². The highest BCUT2D eigenvalue weighted by Crippen LogP contribution is 2.31. The van der Waals surface area contributed by atoms with Crippen LogP contribution in [0.5, 0.6) is 0 Å². The molecule has 1 aromatic heterocycles. The molecule has 7 heteroatoms. The number of nitrogens with zero attached hydrogens (tertiary/aromatic N) is 2. The summed E-state index contributed by atoms with van der Waals surface area (Å²) < 4.78 is 39.2. The molecular weight excluding hydrogens is 263 g/mol. The molecule has 0 atom stereocenters. The zero-order valence-corrected chi connectivity index (χ0v) is 9.79. The molecule has 0 bridgehead atoms. The van der Waals surface area contributed by atoms with E-state index in [2.05, 4.69) is 5.10 Å². The molecule has 2 rings (SSSR count). The number of halogens is 3. The fraction of sp³-hybridized carbons (Fsp3) is 0.0909. The lowest BCUT2D eigenvalue weighted by Gasteiger charge is -2.12. The largest absolute Gasteiger partial charge is 0.416 e. The summed E-state index contributed by atoms with van der Waals surface area (Å²) in [6.45, 7) is 0. The summed E-state index contributed by atoms with van der Waals surface area (Å²) in [5.74, 6) is 0. The number of hydrogen-bond donors (Lipinski definition) is 1. The summed E-state index contributed by atoms with van der Waals surface area (Å²) in [6, 6.07) is 4.85. The van der Waals surface area contributed by atoms with Gasteiger partial charge >= 0.3 is 6.18 Å². The fourth-order valence-corrected chi connectivity index (χ4v) is 1.68. The van der Waals surface area contributed by atoms with Crippen molar-refractivity contribution in [3.05, 3.63) is 47.8 Å². The van der Waals surface area contributed by atoms with Crippen molar-refractivity contribution in [2.45, 2.75) is 6.18 Å². The number of nitrogens with two attached hydrogens (primary N) is 1. The van der Waals surface area contributed by atoms with Gasteiger partial charge in [0.1, 0.15) is 4.99 Å². The number of hydrogen-bond acceptors (Lipinski definition) is 2. The van der Waals surface area contributed by atoms with Crippen molar-refractivity contribution >= 4 is 17.2 Å². The monoisotopic (exact) mass is 271 g/mol. The second kappa shape index (κ2) is 4.41. The highest BCUT2D eigenvalue weighted by molar-refractivity contribution is 7.80. The highest BCUT2D eigenvalue weighted by atomic mass is 32.1. The Morgan fingerprint density at radius 3 is 2.56 bits per heavy atom. The van der Waals surface area contributed by atoms with Gasteiger partial charge in [0.25, 0.3) is 0 Å². The standard InChI is InChI=1S/C11H8F3N3S/c12-11(13,14)7-2-3-9(8(6-7)10(15)18)17-5-1-4-16-17/h1-6H,(H2,15,18). The van der Waals surface area contributed by atoms with E-state index in [9.17, 15) is 13.2 Å². The number of benzene rings is 1. The maximum atomic E-state index is 12.6. The smallest absolute Gasteiger partial charge is 0.389 e. The van der Waals surface area contributed by atoms with Crippen molar-refractivity contribution in [1.29, 1.82) is 0 Å². The molecule has 0 aliphatic rings. The molecule has 0 saturated carbocycles. The molecule has 2 aromatic rings. The summed E-state index contributed by atoms with van der Waals surface area (Å²) in [4.78, 5) is -0.105. The van der Waals surface area contributed by atoms with Gasteiger partial charge in [-0.1, -0.05) is 12.2 Å². The molecule has 1 aromatic carbocycles. The average Bonchev–Trinajstić information content (AvgIpc) is 2.80. The molecule has 0 spiro atoms. The molecule has 3 nitrogen and oxygen atoms in total. The number of aromatic nitrogens is 2. The van der Waals surface area contributed by atoms with Gasteiger partial charge in [-0.05, 0) is 24.3 Å². The van der Waals surface area contributed by atoms with E-state index in [-0.39, 0.29) is 10.6 Å². The number of thiocarbonyl (C=S) groups is 1. The van der Waals surface area contributed by atoms with Crippen LogP contribution in [0.1, 0.15) is 11.1 Å². The average molecular weight is 271 g/mol. The fourth-order valence-electron chi connectivity index (χ4n) is 1.52. The zero-order valence-electron chi connectivity index (χ0n) is 8.98. The minimum atomic E-state index is -4.43. The first-order valence-corrected chi connectivity index (χ1v) is 5.31. The molecule has 0 fully saturated rings. The third-order valence-corrected chi connectivity index (χ3v) is 2.56. The van der Waals surface area contributed by atoms with Crippen LogP contribution in [0.4, 0.5) is 13.2 Å². The van der Waals surface area contributed by atoms with E-state index in [4.69, 9.17) is 18.0 Å². The Hall–Kier alpha value is -1.89. The van der Waals surface area contributed by atoms with Crippen molar-refractivity contribution in [2.24, 2.45) is 5.73 Å². The van der Waals surface area contributed by atoms with E-state index in [1.54, 1.807) is 12.3 Å².